The second-order valence-corrected chi connectivity index (χ2v) is 7.32. The predicted octanol–water partition coefficient (Wildman–Crippen LogP) is 3.81. The summed E-state index contributed by atoms with van der Waals surface area (Å²) in [7, 11) is 0. The van der Waals surface area contributed by atoms with Crippen LogP contribution < -0.4 is 10.6 Å². The minimum atomic E-state index is -0.282. The summed E-state index contributed by atoms with van der Waals surface area (Å²) in [5.74, 6) is -0.226. The molecule has 1 aliphatic heterocycles. The maximum absolute atomic E-state index is 12.3. The molecule has 2 aromatic rings. The number of carbonyl (C=O) groups excluding carboxylic acids is 2. The van der Waals surface area contributed by atoms with Crippen LogP contribution in [0, 0.1) is 0 Å². The van der Waals surface area contributed by atoms with Gasteiger partial charge in [-0.1, -0.05) is 15.9 Å². The van der Waals surface area contributed by atoms with Crippen molar-refractivity contribution < 1.29 is 9.59 Å². The van der Waals surface area contributed by atoms with E-state index in [2.05, 4.69) is 26.6 Å². The van der Waals surface area contributed by atoms with Gasteiger partial charge in [-0.2, -0.15) is 0 Å². The van der Waals surface area contributed by atoms with Crippen LogP contribution in [-0.4, -0.2) is 34.9 Å². The highest BCUT2D eigenvalue weighted by Crippen LogP contribution is 2.15. The fraction of sp³-hybridized carbons (Fsp3) is 0.211. The lowest BCUT2D eigenvalue weighted by atomic mass is 10.2. The van der Waals surface area contributed by atoms with Crippen LogP contribution in [0.5, 0.6) is 0 Å². The van der Waals surface area contributed by atoms with E-state index in [1.807, 2.05) is 4.90 Å². The van der Waals surface area contributed by atoms with Crippen molar-refractivity contribution in [2.45, 2.75) is 12.8 Å². The second-order valence-electron chi connectivity index (χ2n) is 5.99. The van der Waals surface area contributed by atoms with Crippen LogP contribution in [0.1, 0.15) is 33.6 Å². The van der Waals surface area contributed by atoms with E-state index in [4.69, 9.17) is 12.2 Å². The molecule has 2 aromatic carbocycles. The molecule has 2 N–H and O–H groups in total. The third-order valence-electron chi connectivity index (χ3n) is 4.12. The Morgan fingerprint density at radius 1 is 0.923 bits per heavy atom. The van der Waals surface area contributed by atoms with Gasteiger partial charge in [0, 0.05) is 34.4 Å². The first-order chi connectivity index (χ1) is 12.5. The summed E-state index contributed by atoms with van der Waals surface area (Å²) in [5, 5.41) is 5.80. The predicted molar refractivity (Wildman–Crippen MR) is 109 cm³/mol. The summed E-state index contributed by atoms with van der Waals surface area (Å²) in [6, 6.07) is 14.1. The quantitative estimate of drug-likeness (QED) is 0.725. The number of rotatable bonds is 3. The molecule has 3 rings (SSSR count). The average molecular weight is 432 g/mol. The van der Waals surface area contributed by atoms with Gasteiger partial charge in [0.15, 0.2) is 5.11 Å². The number of nitrogens with one attached hydrogen (secondary N) is 2. The van der Waals surface area contributed by atoms with E-state index in [9.17, 15) is 9.59 Å². The van der Waals surface area contributed by atoms with Crippen LogP contribution >= 0.6 is 28.1 Å². The van der Waals surface area contributed by atoms with Gasteiger partial charge >= 0.3 is 0 Å². The Morgan fingerprint density at radius 3 is 2.12 bits per heavy atom. The Balaban J connectivity index is 1.56. The normalized spacial score (nSPS) is 13.3. The summed E-state index contributed by atoms with van der Waals surface area (Å²) >= 11 is 8.51. The molecule has 0 aromatic heterocycles. The number of halogens is 1. The number of nitrogens with zero attached hydrogens (tertiary/aromatic N) is 1. The molecule has 26 heavy (non-hydrogen) atoms. The van der Waals surface area contributed by atoms with Crippen molar-refractivity contribution >= 4 is 50.8 Å². The minimum Gasteiger partial charge on any atom is -0.339 e. The van der Waals surface area contributed by atoms with Crippen molar-refractivity contribution in [1.82, 2.24) is 10.2 Å². The van der Waals surface area contributed by atoms with Crippen molar-refractivity contribution in [3.05, 3.63) is 64.1 Å². The Morgan fingerprint density at radius 2 is 1.50 bits per heavy atom. The van der Waals surface area contributed by atoms with Crippen LogP contribution in [0.25, 0.3) is 0 Å². The van der Waals surface area contributed by atoms with E-state index < -0.39 is 0 Å². The van der Waals surface area contributed by atoms with Gasteiger partial charge in [-0.3, -0.25) is 14.9 Å². The highest BCUT2D eigenvalue weighted by Gasteiger charge is 2.19. The number of hydrogen-bond donors (Lipinski definition) is 2. The summed E-state index contributed by atoms with van der Waals surface area (Å²) in [4.78, 5) is 26.3. The zero-order valence-corrected chi connectivity index (χ0v) is 16.4. The Bertz CT molecular complexity index is 816. The number of thiocarbonyl (C=S) groups is 1. The fourth-order valence-corrected chi connectivity index (χ4v) is 3.21. The first kappa shape index (κ1) is 18.5. The molecule has 2 amide bonds. The molecular weight excluding hydrogens is 414 g/mol. The monoisotopic (exact) mass is 431 g/mol. The van der Waals surface area contributed by atoms with E-state index in [0.29, 0.717) is 16.8 Å². The van der Waals surface area contributed by atoms with E-state index in [1.165, 1.54) is 0 Å². The SMILES string of the molecule is O=C(NC(=S)Nc1ccc(C(=O)N2CCCC2)cc1)c1ccc(Br)cc1. The number of likely N-dealkylation sites (tertiary alicyclic amines) is 1. The summed E-state index contributed by atoms with van der Waals surface area (Å²) < 4.78 is 0.901. The molecule has 0 spiro atoms. The van der Waals surface area contributed by atoms with Crippen LogP contribution in [0.4, 0.5) is 5.69 Å². The molecule has 0 radical (unpaired) electrons. The number of carbonyl (C=O) groups is 2. The standard InChI is InChI=1S/C19H18BrN3O2S/c20-15-7-3-13(4-8-15)17(24)22-19(26)21-16-9-5-14(6-10-16)18(25)23-11-1-2-12-23/h3-10H,1-2,11-12H2,(H2,21,22,24,26). The molecule has 7 heteroatoms. The first-order valence-corrected chi connectivity index (χ1v) is 9.50. The highest BCUT2D eigenvalue weighted by molar-refractivity contribution is 9.10. The lowest BCUT2D eigenvalue weighted by molar-refractivity contribution is 0.0792. The van der Waals surface area contributed by atoms with E-state index in [-0.39, 0.29) is 16.9 Å². The molecule has 0 aliphatic carbocycles. The molecule has 0 unspecified atom stereocenters. The van der Waals surface area contributed by atoms with Crippen molar-refractivity contribution in [3.8, 4) is 0 Å². The lowest BCUT2D eigenvalue weighted by Crippen LogP contribution is -2.34. The Kier molecular flexibility index (Phi) is 6.00. The van der Waals surface area contributed by atoms with Gasteiger partial charge in [0.05, 0.1) is 0 Å². The van der Waals surface area contributed by atoms with E-state index in [1.54, 1.807) is 48.5 Å². The largest absolute Gasteiger partial charge is 0.339 e. The third-order valence-corrected chi connectivity index (χ3v) is 4.85. The molecule has 5 nitrogen and oxygen atoms in total. The van der Waals surface area contributed by atoms with Crippen LogP contribution in [0.3, 0.4) is 0 Å². The van der Waals surface area contributed by atoms with Gasteiger partial charge < -0.3 is 10.2 Å². The Hall–Kier alpha value is -2.25. The lowest BCUT2D eigenvalue weighted by Gasteiger charge is -2.15. The molecule has 0 bridgehead atoms. The number of anilines is 1. The molecule has 0 atom stereocenters. The summed E-state index contributed by atoms with van der Waals surface area (Å²) in [6.07, 6.45) is 2.13. The topological polar surface area (TPSA) is 61.4 Å². The van der Waals surface area contributed by atoms with Crippen LogP contribution in [0.2, 0.25) is 0 Å². The highest BCUT2D eigenvalue weighted by atomic mass is 79.9. The third kappa shape index (κ3) is 4.68. The van der Waals surface area contributed by atoms with Crippen molar-refractivity contribution in [2.24, 2.45) is 0 Å². The second kappa shape index (κ2) is 8.42. The maximum Gasteiger partial charge on any atom is 0.257 e. The van der Waals surface area contributed by atoms with E-state index >= 15 is 0 Å². The molecule has 1 heterocycles. The van der Waals surface area contributed by atoms with Gasteiger partial charge in [0.1, 0.15) is 0 Å². The Labute approximate surface area is 165 Å². The zero-order chi connectivity index (χ0) is 18.5. The first-order valence-electron chi connectivity index (χ1n) is 8.30. The molecule has 1 saturated heterocycles. The number of hydrogen-bond acceptors (Lipinski definition) is 3. The van der Waals surface area contributed by atoms with Gasteiger partial charge in [0.25, 0.3) is 11.8 Å². The van der Waals surface area contributed by atoms with Crippen LogP contribution in [0.15, 0.2) is 53.0 Å². The van der Waals surface area contributed by atoms with Crippen molar-refractivity contribution in [1.29, 1.82) is 0 Å². The zero-order valence-electron chi connectivity index (χ0n) is 14.0. The summed E-state index contributed by atoms with van der Waals surface area (Å²) in [6.45, 7) is 1.65. The fourth-order valence-electron chi connectivity index (χ4n) is 2.74. The smallest absolute Gasteiger partial charge is 0.257 e. The van der Waals surface area contributed by atoms with Crippen LogP contribution in [-0.2, 0) is 0 Å². The minimum absolute atomic E-state index is 0.0557. The maximum atomic E-state index is 12.3. The summed E-state index contributed by atoms with van der Waals surface area (Å²) in [5.41, 5.74) is 1.88. The number of benzene rings is 2. The van der Waals surface area contributed by atoms with Gasteiger partial charge in [0.2, 0.25) is 0 Å². The van der Waals surface area contributed by atoms with Crippen molar-refractivity contribution in [2.75, 3.05) is 18.4 Å². The van der Waals surface area contributed by atoms with Gasteiger partial charge in [-0.05, 0) is 73.6 Å². The van der Waals surface area contributed by atoms with Gasteiger partial charge in [-0.25, -0.2) is 0 Å². The van der Waals surface area contributed by atoms with E-state index in [0.717, 1.165) is 30.4 Å². The number of amides is 2. The molecular formula is C19H18BrN3O2S. The molecule has 1 aliphatic rings. The molecule has 134 valence electrons. The van der Waals surface area contributed by atoms with Crippen molar-refractivity contribution in [3.63, 3.8) is 0 Å². The molecule has 0 saturated carbocycles. The molecule has 1 fully saturated rings. The average Bonchev–Trinajstić information content (AvgIpc) is 3.17. The van der Waals surface area contributed by atoms with Gasteiger partial charge in [-0.15, -0.1) is 0 Å².